The van der Waals surface area contributed by atoms with E-state index < -0.39 is 10.0 Å². The first-order valence-corrected chi connectivity index (χ1v) is 10.7. The van der Waals surface area contributed by atoms with Crippen LogP contribution in [0.1, 0.15) is 33.1 Å². The van der Waals surface area contributed by atoms with Gasteiger partial charge in [0.15, 0.2) is 11.5 Å². The number of piperidine rings is 1. The zero-order valence-electron chi connectivity index (χ0n) is 16.5. The van der Waals surface area contributed by atoms with Crippen LogP contribution in [0.4, 0.5) is 0 Å². The zero-order valence-corrected chi connectivity index (χ0v) is 17.3. The fourth-order valence-corrected chi connectivity index (χ4v) is 4.67. The van der Waals surface area contributed by atoms with E-state index in [4.69, 9.17) is 9.47 Å². The number of carbonyl (C=O) groups is 1. The van der Waals surface area contributed by atoms with E-state index in [0.29, 0.717) is 43.3 Å². The van der Waals surface area contributed by atoms with Crippen molar-refractivity contribution >= 4 is 15.9 Å². The molecule has 0 aliphatic carbocycles. The van der Waals surface area contributed by atoms with Gasteiger partial charge in [-0.3, -0.25) is 4.79 Å². The van der Waals surface area contributed by atoms with Gasteiger partial charge >= 0.3 is 0 Å². The van der Waals surface area contributed by atoms with Crippen LogP contribution in [0, 0.1) is 11.8 Å². The SMILES string of the molecule is COc1ccc(S(=O)(=O)N2CCC[C@@H](C(=O)NCCC(C)C)C2)cc1OC. The summed E-state index contributed by atoms with van der Waals surface area (Å²) in [5.74, 6) is 0.957. The van der Waals surface area contributed by atoms with Crippen LogP contribution in [0.5, 0.6) is 11.5 Å². The molecule has 1 heterocycles. The largest absolute Gasteiger partial charge is 0.493 e. The second-order valence-corrected chi connectivity index (χ2v) is 9.13. The molecule has 7 nitrogen and oxygen atoms in total. The minimum absolute atomic E-state index is 0.0668. The summed E-state index contributed by atoms with van der Waals surface area (Å²) >= 11 is 0. The first-order chi connectivity index (χ1) is 12.8. The molecular weight excluding hydrogens is 368 g/mol. The molecule has 1 aromatic carbocycles. The third kappa shape index (κ3) is 5.35. The first kappa shape index (κ1) is 21.5. The van der Waals surface area contributed by atoms with Gasteiger partial charge in [-0.15, -0.1) is 0 Å². The average molecular weight is 399 g/mol. The number of nitrogens with one attached hydrogen (secondary N) is 1. The van der Waals surface area contributed by atoms with Gasteiger partial charge in [0.25, 0.3) is 0 Å². The summed E-state index contributed by atoms with van der Waals surface area (Å²) in [6, 6.07) is 4.54. The Labute approximate surface area is 162 Å². The number of amides is 1. The van der Waals surface area contributed by atoms with E-state index in [9.17, 15) is 13.2 Å². The molecule has 0 radical (unpaired) electrons. The summed E-state index contributed by atoms with van der Waals surface area (Å²) in [6.45, 7) is 5.43. The quantitative estimate of drug-likeness (QED) is 0.726. The molecular formula is C19H30N2O5S. The van der Waals surface area contributed by atoms with Gasteiger partial charge in [-0.1, -0.05) is 13.8 Å². The number of sulfonamides is 1. The number of methoxy groups -OCH3 is 2. The van der Waals surface area contributed by atoms with Crippen LogP contribution < -0.4 is 14.8 Å². The lowest BCUT2D eigenvalue weighted by Gasteiger charge is -2.31. The molecule has 1 aliphatic rings. The number of benzene rings is 1. The molecule has 0 bridgehead atoms. The molecule has 1 saturated heterocycles. The van der Waals surface area contributed by atoms with E-state index in [1.165, 1.54) is 30.7 Å². The second-order valence-electron chi connectivity index (χ2n) is 7.19. The lowest BCUT2D eigenvalue weighted by molar-refractivity contribution is -0.126. The van der Waals surface area contributed by atoms with Crippen LogP contribution in [0.3, 0.4) is 0 Å². The molecule has 2 rings (SSSR count). The second kappa shape index (κ2) is 9.41. The molecule has 1 aromatic rings. The minimum Gasteiger partial charge on any atom is -0.493 e. The number of carbonyl (C=O) groups excluding carboxylic acids is 1. The Morgan fingerprint density at radius 3 is 2.59 bits per heavy atom. The Bertz CT molecular complexity index is 748. The molecule has 0 saturated carbocycles. The third-order valence-corrected chi connectivity index (χ3v) is 6.63. The first-order valence-electron chi connectivity index (χ1n) is 9.29. The monoisotopic (exact) mass is 398 g/mol. The fraction of sp³-hybridized carbons (Fsp3) is 0.632. The Morgan fingerprint density at radius 1 is 1.26 bits per heavy atom. The maximum absolute atomic E-state index is 13.0. The Kier molecular flexibility index (Phi) is 7.49. The molecule has 1 amide bonds. The Balaban J connectivity index is 2.11. The number of ether oxygens (including phenoxy) is 2. The average Bonchev–Trinajstić information content (AvgIpc) is 2.67. The molecule has 8 heteroatoms. The van der Waals surface area contributed by atoms with Crippen LogP contribution in [0.15, 0.2) is 23.1 Å². The maximum Gasteiger partial charge on any atom is 0.243 e. The summed E-state index contributed by atoms with van der Waals surface area (Å²) < 4.78 is 37.8. The van der Waals surface area contributed by atoms with Gasteiger partial charge in [-0.25, -0.2) is 8.42 Å². The van der Waals surface area contributed by atoms with Crippen LogP contribution in [0.2, 0.25) is 0 Å². The molecule has 1 atom stereocenters. The number of rotatable bonds is 8. The van der Waals surface area contributed by atoms with Crippen molar-refractivity contribution in [1.29, 1.82) is 0 Å². The number of nitrogens with zero attached hydrogens (tertiary/aromatic N) is 1. The van der Waals surface area contributed by atoms with Gasteiger partial charge in [-0.05, 0) is 37.3 Å². The van der Waals surface area contributed by atoms with Gasteiger partial charge in [0.05, 0.1) is 25.0 Å². The van der Waals surface area contributed by atoms with Crippen molar-refractivity contribution < 1.29 is 22.7 Å². The molecule has 1 N–H and O–H groups in total. The predicted molar refractivity (Wildman–Crippen MR) is 103 cm³/mol. The van der Waals surface area contributed by atoms with Crippen LogP contribution in [-0.2, 0) is 14.8 Å². The molecule has 1 aliphatic heterocycles. The lowest BCUT2D eigenvalue weighted by Crippen LogP contribution is -2.45. The summed E-state index contributed by atoms with van der Waals surface area (Å²) in [4.78, 5) is 12.5. The zero-order chi connectivity index (χ0) is 20.0. The maximum atomic E-state index is 13.0. The van der Waals surface area contributed by atoms with Crippen molar-refractivity contribution in [3.63, 3.8) is 0 Å². The van der Waals surface area contributed by atoms with Gasteiger partial charge < -0.3 is 14.8 Å². The molecule has 0 aromatic heterocycles. The van der Waals surface area contributed by atoms with E-state index >= 15 is 0 Å². The third-order valence-electron chi connectivity index (χ3n) is 4.77. The summed E-state index contributed by atoms with van der Waals surface area (Å²) in [5, 5.41) is 2.93. The summed E-state index contributed by atoms with van der Waals surface area (Å²) in [7, 11) is -0.738. The highest BCUT2D eigenvalue weighted by molar-refractivity contribution is 7.89. The Morgan fingerprint density at radius 2 is 1.96 bits per heavy atom. The van der Waals surface area contributed by atoms with Crippen molar-refractivity contribution in [2.24, 2.45) is 11.8 Å². The van der Waals surface area contributed by atoms with Crippen LogP contribution in [-0.4, -0.2) is 52.5 Å². The van der Waals surface area contributed by atoms with E-state index in [1.54, 1.807) is 6.07 Å². The summed E-state index contributed by atoms with van der Waals surface area (Å²) in [5.41, 5.74) is 0. The topological polar surface area (TPSA) is 84.9 Å². The minimum atomic E-state index is -3.70. The molecule has 0 unspecified atom stereocenters. The summed E-state index contributed by atoms with van der Waals surface area (Å²) in [6.07, 6.45) is 2.27. The highest BCUT2D eigenvalue weighted by Gasteiger charge is 2.33. The van der Waals surface area contributed by atoms with Gasteiger partial charge in [0.1, 0.15) is 0 Å². The van der Waals surface area contributed by atoms with Crippen molar-refractivity contribution in [1.82, 2.24) is 9.62 Å². The lowest BCUT2D eigenvalue weighted by atomic mass is 9.98. The fourth-order valence-electron chi connectivity index (χ4n) is 3.13. The predicted octanol–water partition coefficient (Wildman–Crippen LogP) is 2.27. The standard InChI is InChI=1S/C19H30N2O5S/c1-14(2)9-10-20-19(22)15-6-5-11-21(13-15)27(23,24)16-7-8-17(25-3)18(12-16)26-4/h7-8,12,14-15H,5-6,9-11,13H2,1-4H3,(H,20,22)/t15-/m1/s1. The number of hydrogen-bond donors (Lipinski definition) is 1. The molecule has 1 fully saturated rings. The van der Waals surface area contributed by atoms with Crippen molar-refractivity contribution in [2.45, 2.75) is 38.0 Å². The van der Waals surface area contributed by atoms with Crippen molar-refractivity contribution in [3.8, 4) is 11.5 Å². The highest BCUT2D eigenvalue weighted by atomic mass is 32.2. The molecule has 27 heavy (non-hydrogen) atoms. The van der Waals surface area contributed by atoms with Crippen LogP contribution in [0.25, 0.3) is 0 Å². The van der Waals surface area contributed by atoms with E-state index in [2.05, 4.69) is 19.2 Å². The number of hydrogen-bond acceptors (Lipinski definition) is 5. The smallest absolute Gasteiger partial charge is 0.243 e. The van der Waals surface area contributed by atoms with Gasteiger partial charge in [0, 0.05) is 25.7 Å². The van der Waals surface area contributed by atoms with E-state index in [1.807, 2.05) is 0 Å². The van der Waals surface area contributed by atoms with Crippen LogP contribution >= 0.6 is 0 Å². The van der Waals surface area contributed by atoms with Gasteiger partial charge in [-0.2, -0.15) is 4.31 Å². The molecule has 0 spiro atoms. The normalized spacial score (nSPS) is 18.3. The van der Waals surface area contributed by atoms with E-state index in [-0.39, 0.29) is 23.3 Å². The Hall–Kier alpha value is -1.80. The molecule has 152 valence electrons. The van der Waals surface area contributed by atoms with Crippen molar-refractivity contribution in [2.75, 3.05) is 33.9 Å². The van der Waals surface area contributed by atoms with Crippen molar-refractivity contribution in [3.05, 3.63) is 18.2 Å². The van der Waals surface area contributed by atoms with E-state index in [0.717, 1.165) is 6.42 Å². The van der Waals surface area contributed by atoms with Gasteiger partial charge in [0.2, 0.25) is 15.9 Å². The highest BCUT2D eigenvalue weighted by Crippen LogP contribution is 2.32.